The van der Waals surface area contributed by atoms with Crippen molar-refractivity contribution in [2.75, 3.05) is 0 Å². The molecule has 0 bridgehead atoms. The average Bonchev–Trinajstić information content (AvgIpc) is 2.18. The lowest BCUT2D eigenvalue weighted by atomic mass is 10.2. The minimum Gasteiger partial charge on any atom is -0.298 e. The van der Waals surface area contributed by atoms with Crippen LogP contribution in [0.5, 0.6) is 0 Å². The quantitative estimate of drug-likeness (QED) is 0.530. The van der Waals surface area contributed by atoms with E-state index in [0.29, 0.717) is 12.1 Å². The van der Waals surface area contributed by atoms with Crippen LogP contribution in [0.25, 0.3) is 0 Å². The minimum atomic E-state index is -9.58. The molecular formula is C9H11F5OS. The molecule has 0 amide bonds. The molecule has 0 unspecified atom stereocenters. The summed E-state index contributed by atoms with van der Waals surface area (Å²) < 4.78 is 60.5. The Morgan fingerprint density at radius 3 is 1.56 bits per heavy atom. The Morgan fingerprint density at radius 2 is 1.31 bits per heavy atom. The SMILES string of the molecule is CC.O=Cc1ccc(S(F)(F)(F)(F)F)cc1. The second kappa shape index (κ2) is 3.73. The van der Waals surface area contributed by atoms with Gasteiger partial charge in [0.1, 0.15) is 11.2 Å². The van der Waals surface area contributed by atoms with Crippen LogP contribution in [0.1, 0.15) is 24.2 Å². The molecule has 0 aliphatic heterocycles. The molecule has 0 aliphatic rings. The molecule has 1 aromatic carbocycles. The molecule has 0 radical (unpaired) electrons. The molecule has 0 saturated carbocycles. The van der Waals surface area contributed by atoms with E-state index >= 15 is 0 Å². The molecule has 0 saturated heterocycles. The van der Waals surface area contributed by atoms with Crippen molar-refractivity contribution >= 4 is 16.5 Å². The number of hydrogen-bond acceptors (Lipinski definition) is 1. The van der Waals surface area contributed by atoms with E-state index in [1.54, 1.807) is 0 Å². The number of hydrogen-bond donors (Lipinski definition) is 0. The lowest BCUT2D eigenvalue weighted by Gasteiger charge is -2.40. The Bertz CT molecular complexity index is 366. The van der Waals surface area contributed by atoms with Crippen molar-refractivity contribution in [2.24, 2.45) is 0 Å². The van der Waals surface area contributed by atoms with Crippen LogP contribution in [0, 0.1) is 0 Å². The molecule has 0 heterocycles. The van der Waals surface area contributed by atoms with Gasteiger partial charge >= 0.3 is 10.2 Å². The topological polar surface area (TPSA) is 17.1 Å². The van der Waals surface area contributed by atoms with Crippen LogP contribution < -0.4 is 0 Å². The smallest absolute Gasteiger partial charge is 0.298 e. The summed E-state index contributed by atoms with van der Waals surface area (Å²) in [7, 11) is -9.58. The maximum absolute atomic E-state index is 12.1. The second-order valence-corrected chi connectivity index (χ2v) is 5.07. The van der Waals surface area contributed by atoms with Crippen LogP contribution in [-0.2, 0) is 0 Å². The molecule has 7 heteroatoms. The average molecular weight is 262 g/mol. The van der Waals surface area contributed by atoms with Gasteiger partial charge in [-0.3, -0.25) is 4.79 Å². The highest BCUT2D eigenvalue weighted by Crippen LogP contribution is 3.02. The first-order chi connectivity index (χ1) is 7.03. The first-order valence-electron chi connectivity index (χ1n) is 4.32. The molecule has 0 atom stereocenters. The zero-order valence-corrected chi connectivity index (χ0v) is 9.41. The highest BCUT2D eigenvalue weighted by Gasteiger charge is 2.65. The molecule has 94 valence electrons. The summed E-state index contributed by atoms with van der Waals surface area (Å²) in [6.45, 7) is 4.00. The van der Waals surface area contributed by atoms with Gasteiger partial charge < -0.3 is 0 Å². The Labute approximate surface area is 90.0 Å². The van der Waals surface area contributed by atoms with Gasteiger partial charge in [0, 0.05) is 5.56 Å². The van der Waals surface area contributed by atoms with Crippen LogP contribution >= 0.6 is 10.2 Å². The van der Waals surface area contributed by atoms with Gasteiger partial charge in [0.2, 0.25) is 0 Å². The van der Waals surface area contributed by atoms with Gasteiger partial charge in [0.05, 0.1) is 0 Å². The minimum absolute atomic E-state index is 0.0874. The molecule has 0 aromatic heterocycles. The monoisotopic (exact) mass is 262 g/mol. The molecule has 16 heavy (non-hydrogen) atoms. The van der Waals surface area contributed by atoms with Gasteiger partial charge in [-0.05, 0) is 12.1 Å². The van der Waals surface area contributed by atoms with E-state index < -0.39 is 15.1 Å². The number of carbonyl (C=O) groups is 1. The zero-order chi connectivity index (χ0) is 13.1. The number of carbonyl (C=O) groups excluding carboxylic acids is 1. The van der Waals surface area contributed by atoms with Gasteiger partial charge in [0.25, 0.3) is 0 Å². The summed E-state index contributed by atoms with van der Waals surface area (Å²) in [6.07, 6.45) is 0.273. The van der Waals surface area contributed by atoms with Crippen molar-refractivity contribution in [2.45, 2.75) is 18.7 Å². The van der Waals surface area contributed by atoms with Gasteiger partial charge in [0.15, 0.2) is 0 Å². The van der Waals surface area contributed by atoms with E-state index in [0.717, 1.165) is 0 Å². The third-order valence-corrected chi connectivity index (χ3v) is 2.62. The number of aldehydes is 1. The van der Waals surface area contributed by atoms with Crippen LogP contribution in [0.15, 0.2) is 29.2 Å². The molecule has 0 fully saturated rings. The predicted molar refractivity (Wildman–Crippen MR) is 54.6 cm³/mol. The van der Waals surface area contributed by atoms with E-state index in [4.69, 9.17) is 0 Å². The summed E-state index contributed by atoms with van der Waals surface area (Å²) in [5, 5.41) is 0. The highest BCUT2D eigenvalue weighted by atomic mass is 32.5. The van der Waals surface area contributed by atoms with E-state index in [2.05, 4.69) is 0 Å². The number of halogens is 5. The van der Waals surface area contributed by atoms with Crippen molar-refractivity contribution in [3.05, 3.63) is 29.8 Å². The van der Waals surface area contributed by atoms with Gasteiger partial charge in [-0.2, -0.15) is 0 Å². The summed E-state index contributed by atoms with van der Waals surface area (Å²) >= 11 is 0. The van der Waals surface area contributed by atoms with Crippen LogP contribution in [0.4, 0.5) is 19.4 Å². The fourth-order valence-electron chi connectivity index (χ4n) is 0.804. The lowest BCUT2D eigenvalue weighted by Crippen LogP contribution is -2.05. The number of benzene rings is 1. The van der Waals surface area contributed by atoms with Gasteiger partial charge in [-0.15, -0.1) is 0 Å². The van der Waals surface area contributed by atoms with Crippen molar-refractivity contribution in [3.63, 3.8) is 0 Å². The Morgan fingerprint density at radius 1 is 0.938 bits per heavy atom. The number of rotatable bonds is 2. The largest absolute Gasteiger partial charge is 0.310 e. The Balaban J connectivity index is 0.00000106. The zero-order valence-electron chi connectivity index (χ0n) is 8.59. The standard InChI is InChI=1S/C7H5F5OS.C2H6/c8-14(9,10,11,12)7-3-1-6(5-13)2-4-7;1-2/h1-5H;1-2H3. The van der Waals surface area contributed by atoms with Gasteiger partial charge in [-0.25, -0.2) is 0 Å². The Hall–Kier alpha value is -1.11. The highest BCUT2D eigenvalue weighted by molar-refractivity contribution is 8.45. The van der Waals surface area contributed by atoms with Crippen molar-refractivity contribution in [1.29, 1.82) is 0 Å². The maximum atomic E-state index is 12.1. The van der Waals surface area contributed by atoms with Crippen molar-refractivity contribution < 1.29 is 24.2 Å². The van der Waals surface area contributed by atoms with E-state index in [9.17, 15) is 24.2 Å². The van der Waals surface area contributed by atoms with Crippen molar-refractivity contribution in [1.82, 2.24) is 0 Å². The van der Waals surface area contributed by atoms with Crippen LogP contribution in [-0.4, -0.2) is 6.29 Å². The molecule has 1 nitrogen and oxygen atoms in total. The van der Waals surface area contributed by atoms with E-state index in [1.165, 1.54) is 0 Å². The molecule has 0 N–H and O–H groups in total. The van der Waals surface area contributed by atoms with Crippen LogP contribution in [0.2, 0.25) is 0 Å². The fraction of sp³-hybridized carbons (Fsp3) is 0.222. The fourth-order valence-corrected chi connectivity index (χ4v) is 1.45. The molecule has 0 aliphatic carbocycles. The Kier molecular flexibility index (Phi) is 3.47. The first kappa shape index (κ1) is 14.9. The third-order valence-electron chi connectivity index (χ3n) is 1.46. The van der Waals surface area contributed by atoms with E-state index in [-0.39, 0.29) is 24.0 Å². The van der Waals surface area contributed by atoms with Gasteiger partial charge in [-0.1, -0.05) is 45.4 Å². The normalized spacial score (nSPS) is 15.2. The maximum Gasteiger partial charge on any atom is 0.310 e. The molecule has 0 spiro atoms. The first-order valence-corrected chi connectivity index (χ1v) is 6.27. The summed E-state index contributed by atoms with van der Waals surface area (Å²) in [6, 6.07) is 1.79. The molecular weight excluding hydrogens is 251 g/mol. The second-order valence-electron chi connectivity index (χ2n) is 2.66. The summed E-state index contributed by atoms with van der Waals surface area (Å²) in [5.74, 6) is 0. The van der Waals surface area contributed by atoms with Crippen LogP contribution in [0.3, 0.4) is 0 Å². The lowest BCUT2D eigenvalue weighted by molar-refractivity contribution is 0.112. The molecule has 1 aromatic rings. The third kappa shape index (κ3) is 4.18. The predicted octanol–water partition coefficient (Wildman–Crippen LogP) is 5.18. The molecule has 1 rings (SSSR count). The summed E-state index contributed by atoms with van der Waals surface area (Å²) in [5.41, 5.74) is -0.0874. The van der Waals surface area contributed by atoms with Crippen molar-refractivity contribution in [3.8, 4) is 0 Å². The summed E-state index contributed by atoms with van der Waals surface area (Å²) in [4.78, 5) is 8.08. The van der Waals surface area contributed by atoms with E-state index in [1.807, 2.05) is 13.8 Å².